The average molecular weight is 260 g/mol. The summed E-state index contributed by atoms with van der Waals surface area (Å²) >= 11 is 5.67. The van der Waals surface area contributed by atoms with Gasteiger partial charge in [0.2, 0.25) is 0 Å². The van der Waals surface area contributed by atoms with E-state index in [0.29, 0.717) is 24.1 Å². The molecule has 1 aliphatic heterocycles. The van der Waals surface area contributed by atoms with E-state index in [1.165, 1.54) is 0 Å². The van der Waals surface area contributed by atoms with Gasteiger partial charge >= 0.3 is 0 Å². The molecule has 0 amide bonds. The van der Waals surface area contributed by atoms with Crippen LogP contribution in [0.1, 0.15) is 0 Å². The van der Waals surface area contributed by atoms with Gasteiger partial charge in [-0.1, -0.05) is 11.6 Å². The standard InChI is InChI=1S/C10H14ClN3O3/c11-9-1-2-10(13-12-9)14-3-7(5-15)17-8(4-14)6-16/h1-2,7-8,15-16H,3-6H2/t7-,8+. The molecule has 2 rings (SSSR count). The minimum absolute atomic E-state index is 0.0893. The third-order valence-electron chi connectivity index (χ3n) is 2.58. The number of anilines is 1. The van der Waals surface area contributed by atoms with Gasteiger partial charge in [0.25, 0.3) is 0 Å². The second-order valence-electron chi connectivity index (χ2n) is 3.86. The SMILES string of the molecule is OC[C@@H]1CN(c2ccc(Cl)nn2)C[C@H](CO)O1. The molecular formula is C10H14ClN3O3. The van der Waals surface area contributed by atoms with Gasteiger partial charge in [0.15, 0.2) is 11.0 Å². The molecule has 0 bridgehead atoms. The van der Waals surface area contributed by atoms with Crippen LogP contribution in [0.15, 0.2) is 12.1 Å². The summed E-state index contributed by atoms with van der Waals surface area (Å²) in [6.07, 6.45) is -0.642. The highest BCUT2D eigenvalue weighted by Gasteiger charge is 2.27. The van der Waals surface area contributed by atoms with Crippen LogP contribution in [0, 0.1) is 0 Å². The molecule has 1 aromatic heterocycles. The second kappa shape index (κ2) is 5.59. The second-order valence-corrected chi connectivity index (χ2v) is 4.25. The van der Waals surface area contributed by atoms with Crippen LogP contribution in [-0.4, -0.2) is 58.9 Å². The molecule has 0 unspecified atom stereocenters. The Bertz CT molecular complexity index is 350. The van der Waals surface area contributed by atoms with Gasteiger partial charge in [0.1, 0.15) is 0 Å². The first-order chi connectivity index (χ1) is 8.22. The Morgan fingerprint density at radius 3 is 2.35 bits per heavy atom. The van der Waals surface area contributed by atoms with Crippen LogP contribution in [0.2, 0.25) is 5.15 Å². The van der Waals surface area contributed by atoms with E-state index in [4.69, 9.17) is 26.6 Å². The summed E-state index contributed by atoms with van der Waals surface area (Å²) < 4.78 is 5.44. The van der Waals surface area contributed by atoms with E-state index < -0.39 is 0 Å². The minimum atomic E-state index is -0.321. The van der Waals surface area contributed by atoms with Crippen molar-refractivity contribution in [1.29, 1.82) is 0 Å². The highest BCUT2D eigenvalue weighted by molar-refractivity contribution is 6.29. The van der Waals surface area contributed by atoms with E-state index in [0.717, 1.165) is 0 Å². The largest absolute Gasteiger partial charge is 0.394 e. The van der Waals surface area contributed by atoms with Crippen molar-refractivity contribution < 1.29 is 14.9 Å². The first kappa shape index (κ1) is 12.5. The molecule has 2 heterocycles. The van der Waals surface area contributed by atoms with Gasteiger partial charge in [-0.15, -0.1) is 10.2 Å². The number of aliphatic hydroxyl groups is 2. The molecule has 1 fully saturated rings. The van der Waals surface area contributed by atoms with Gasteiger partial charge in [-0.2, -0.15) is 0 Å². The lowest BCUT2D eigenvalue weighted by Crippen LogP contribution is -2.50. The van der Waals surface area contributed by atoms with Crippen molar-refractivity contribution >= 4 is 17.4 Å². The van der Waals surface area contributed by atoms with Gasteiger partial charge in [-0.05, 0) is 12.1 Å². The normalized spacial score (nSPS) is 25.0. The third kappa shape index (κ3) is 3.04. The van der Waals surface area contributed by atoms with Crippen LogP contribution in [0.4, 0.5) is 5.82 Å². The molecule has 0 aliphatic carbocycles. The number of rotatable bonds is 3. The molecule has 2 N–H and O–H groups in total. The maximum Gasteiger partial charge on any atom is 0.151 e. The fraction of sp³-hybridized carbons (Fsp3) is 0.600. The van der Waals surface area contributed by atoms with E-state index in [2.05, 4.69) is 10.2 Å². The van der Waals surface area contributed by atoms with E-state index in [1.54, 1.807) is 12.1 Å². The van der Waals surface area contributed by atoms with Crippen molar-refractivity contribution in [1.82, 2.24) is 10.2 Å². The summed E-state index contributed by atoms with van der Waals surface area (Å²) in [5.41, 5.74) is 0. The molecule has 1 aromatic rings. The Kier molecular flexibility index (Phi) is 4.11. The quantitative estimate of drug-likeness (QED) is 0.775. The van der Waals surface area contributed by atoms with Crippen molar-refractivity contribution in [2.75, 3.05) is 31.2 Å². The number of aliphatic hydroxyl groups excluding tert-OH is 2. The van der Waals surface area contributed by atoms with E-state index in [9.17, 15) is 0 Å². The summed E-state index contributed by atoms with van der Waals surface area (Å²) in [5.74, 6) is 0.662. The molecule has 17 heavy (non-hydrogen) atoms. The lowest BCUT2D eigenvalue weighted by molar-refractivity contribution is -0.0701. The van der Waals surface area contributed by atoms with Crippen LogP contribution < -0.4 is 4.90 Å². The highest BCUT2D eigenvalue weighted by atomic mass is 35.5. The first-order valence-corrected chi connectivity index (χ1v) is 5.72. The molecule has 0 saturated carbocycles. The first-order valence-electron chi connectivity index (χ1n) is 5.34. The highest BCUT2D eigenvalue weighted by Crippen LogP contribution is 2.18. The van der Waals surface area contributed by atoms with Gasteiger partial charge in [-0.3, -0.25) is 0 Å². The van der Waals surface area contributed by atoms with Gasteiger partial charge in [0, 0.05) is 13.1 Å². The van der Waals surface area contributed by atoms with Crippen molar-refractivity contribution in [2.45, 2.75) is 12.2 Å². The Morgan fingerprint density at radius 1 is 1.24 bits per heavy atom. The molecular weight excluding hydrogens is 246 g/mol. The molecule has 0 spiro atoms. The van der Waals surface area contributed by atoms with E-state index in [-0.39, 0.29) is 25.4 Å². The molecule has 7 heteroatoms. The summed E-state index contributed by atoms with van der Waals surface area (Å²) in [6, 6.07) is 3.41. The summed E-state index contributed by atoms with van der Waals surface area (Å²) in [6.45, 7) is 0.856. The lowest BCUT2D eigenvalue weighted by atomic mass is 10.2. The van der Waals surface area contributed by atoms with Crippen LogP contribution in [0.25, 0.3) is 0 Å². The number of hydrogen-bond donors (Lipinski definition) is 2. The minimum Gasteiger partial charge on any atom is -0.394 e. The van der Waals surface area contributed by atoms with Crippen LogP contribution in [-0.2, 0) is 4.74 Å². The molecule has 1 saturated heterocycles. The van der Waals surface area contributed by atoms with Crippen molar-refractivity contribution in [3.05, 3.63) is 17.3 Å². The number of hydrogen-bond acceptors (Lipinski definition) is 6. The Balaban J connectivity index is 2.11. The monoisotopic (exact) mass is 259 g/mol. The summed E-state index contributed by atoms with van der Waals surface area (Å²) in [4.78, 5) is 1.91. The van der Waals surface area contributed by atoms with Gasteiger partial charge in [-0.25, -0.2) is 0 Å². The molecule has 1 aliphatic rings. The zero-order chi connectivity index (χ0) is 12.3. The Morgan fingerprint density at radius 2 is 1.88 bits per heavy atom. The lowest BCUT2D eigenvalue weighted by Gasteiger charge is -2.37. The number of ether oxygens (including phenoxy) is 1. The topological polar surface area (TPSA) is 78.7 Å². The van der Waals surface area contributed by atoms with Crippen LogP contribution in [0.3, 0.4) is 0 Å². The molecule has 6 nitrogen and oxygen atoms in total. The van der Waals surface area contributed by atoms with Crippen molar-refractivity contribution in [2.24, 2.45) is 0 Å². The average Bonchev–Trinajstić information content (AvgIpc) is 2.39. The van der Waals surface area contributed by atoms with Gasteiger partial charge in [0.05, 0.1) is 25.4 Å². The maximum atomic E-state index is 9.12. The van der Waals surface area contributed by atoms with Gasteiger partial charge < -0.3 is 19.8 Å². The zero-order valence-corrected chi connectivity index (χ0v) is 9.92. The van der Waals surface area contributed by atoms with Crippen molar-refractivity contribution in [3.63, 3.8) is 0 Å². The molecule has 2 atom stereocenters. The number of aromatic nitrogens is 2. The summed E-state index contributed by atoms with van der Waals surface area (Å²) in [7, 11) is 0. The Hall–Kier alpha value is -0.950. The number of morpholine rings is 1. The zero-order valence-electron chi connectivity index (χ0n) is 9.16. The molecule has 0 aromatic carbocycles. The third-order valence-corrected chi connectivity index (χ3v) is 2.78. The molecule has 94 valence electrons. The maximum absolute atomic E-state index is 9.12. The predicted molar refractivity (Wildman–Crippen MR) is 62.1 cm³/mol. The summed E-state index contributed by atoms with van der Waals surface area (Å²) in [5, 5.41) is 26.3. The van der Waals surface area contributed by atoms with E-state index >= 15 is 0 Å². The van der Waals surface area contributed by atoms with Crippen LogP contribution >= 0.6 is 11.6 Å². The fourth-order valence-corrected chi connectivity index (χ4v) is 1.89. The smallest absolute Gasteiger partial charge is 0.151 e. The van der Waals surface area contributed by atoms with Crippen LogP contribution in [0.5, 0.6) is 0 Å². The Labute approximate surface area is 104 Å². The predicted octanol–water partition coefficient (Wildman–Crippen LogP) is -0.312. The van der Waals surface area contributed by atoms with E-state index in [1.807, 2.05) is 4.90 Å². The number of halogens is 1. The fourth-order valence-electron chi connectivity index (χ4n) is 1.79. The molecule has 0 radical (unpaired) electrons. The number of nitrogens with zero attached hydrogens (tertiary/aromatic N) is 3. The van der Waals surface area contributed by atoms with Crippen molar-refractivity contribution in [3.8, 4) is 0 Å².